The highest BCUT2D eigenvalue weighted by atomic mass is 16.3. The molecule has 0 N–H and O–H groups in total. The monoisotopic (exact) mass is 375 g/mol. The standard InChI is InChI=1S/C24H25NO3/c1-15(2)25(18-11-7-12-18)24(27)20-14-8-13-19-21(26)16(3)22(28-23(19)20)17-9-5-4-6-10-17/h4-6,8-10,13-15,18H,7,11-12H2,1-3H3. The topological polar surface area (TPSA) is 50.5 Å². The zero-order chi connectivity index (χ0) is 19.8. The van der Waals surface area contributed by atoms with Crippen molar-refractivity contribution in [3.05, 3.63) is 69.9 Å². The zero-order valence-electron chi connectivity index (χ0n) is 16.6. The molecule has 28 heavy (non-hydrogen) atoms. The molecule has 0 radical (unpaired) electrons. The molecule has 0 bridgehead atoms. The minimum atomic E-state index is -0.0884. The van der Waals surface area contributed by atoms with E-state index in [1.807, 2.05) is 49.1 Å². The zero-order valence-corrected chi connectivity index (χ0v) is 16.6. The summed E-state index contributed by atoms with van der Waals surface area (Å²) >= 11 is 0. The van der Waals surface area contributed by atoms with Gasteiger partial charge in [-0.3, -0.25) is 9.59 Å². The summed E-state index contributed by atoms with van der Waals surface area (Å²) in [6.07, 6.45) is 3.23. The Morgan fingerprint density at radius 2 is 1.79 bits per heavy atom. The summed E-state index contributed by atoms with van der Waals surface area (Å²) in [7, 11) is 0. The number of fused-ring (bicyclic) bond motifs is 1. The number of hydrogen-bond donors (Lipinski definition) is 0. The maximum absolute atomic E-state index is 13.4. The third-order valence-electron chi connectivity index (χ3n) is 5.67. The van der Waals surface area contributed by atoms with E-state index in [9.17, 15) is 9.59 Å². The van der Waals surface area contributed by atoms with Crippen molar-refractivity contribution in [1.29, 1.82) is 0 Å². The highest BCUT2D eigenvalue weighted by Crippen LogP contribution is 2.31. The Kier molecular flexibility index (Phi) is 4.80. The lowest BCUT2D eigenvalue weighted by atomic mass is 9.90. The lowest BCUT2D eigenvalue weighted by molar-refractivity contribution is 0.0490. The summed E-state index contributed by atoms with van der Waals surface area (Å²) in [6.45, 7) is 5.85. The minimum absolute atomic E-state index is 0.0590. The van der Waals surface area contributed by atoms with Gasteiger partial charge in [0.2, 0.25) is 0 Å². The molecule has 1 aromatic heterocycles. The van der Waals surface area contributed by atoms with Gasteiger partial charge in [-0.25, -0.2) is 0 Å². The fourth-order valence-electron chi connectivity index (χ4n) is 3.97. The highest BCUT2D eigenvalue weighted by molar-refractivity contribution is 6.05. The van der Waals surface area contributed by atoms with Crippen LogP contribution in [0.3, 0.4) is 0 Å². The van der Waals surface area contributed by atoms with Crippen molar-refractivity contribution in [2.24, 2.45) is 0 Å². The number of rotatable bonds is 4. The first-order valence-electron chi connectivity index (χ1n) is 9.93. The van der Waals surface area contributed by atoms with Gasteiger partial charge in [-0.1, -0.05) is 36.4 Å². The molecule has 4 heteroatoms. The molecule has 1 aliphatic rings. The molecule has 1 heterocycles. The first-order valence-corrected chi connectivity index (χ1v) is 9.93. The Hall–Kier alpha value is -2.88. The van der Waals surface area contributed by atoms with Crippen LogP contribution in [0.2, 0.25) is 0 Å². The van der Waals surface area contributed by atoms with E-state index in [2.05, 4.69) is 0 Å². The third kappa shape index (κ3) is 3.03. The molecule has 1 amide bonds. The predicted molar refractivity (Wildman–Crippen MR) is 112 cm³/mol. The van der Waals surface area contributed by atoms with Gasteiger partial charge in [0, 0.05) is 23.2 Å². The average molecular weight is 375 g/mol. The SMILES string of the molecule is Cc1c(-c2ccccc2)oc2c(C(=O)N(C(C)C)C3CCC3)cccc2c1=O. The fraction of sp³-hybridized carbons (Fsp3) is 0.333. The molecule has 1 aliphatic carbocycles. The van der Waals surface area contributed by atoms with Crippen LogP contribution >= 0.6 is 0 Å². The first-order chi connectivity index (χ1) is 13.5. The number of benzene rings is 2. The summed E-state index contributed by atoms with van der Waals surface area (Å²) in [6, 6.07) is 15.2. The lowest BCUT2D eigenvalue weighted by Crippen LogP contribution is -2.48. The number of carbonyl (C=O) groups is 1. The van der Waals surface area contributed by atoms with Crippen molar-refractivity contribution in [2.75, 3.05) is 0 Å². The largest absolute Gasteiger partial charge is 0.455 e. The van der Waals surface area contributed by atoms with Gasteiger partial charge in [0.25, 0.3) is 5.91 Å². The Labute approximate surface area is 164 Å². The minimum Gasteiger partial charge on any atom is -0.455 e. The highest BCUT2D eigenvalue weighted by Gasteiger charge is 2.32. The van der Waals surface area contributed by atoms with Crippen molar-refractivity contribution >= 4 is 16.9 Å². The van der Waals surface area contributed by atoms with Crippen LogP contribution in [0.4, 0.5) is 0 Å². The maximum atomic E-state index is 13.4. The predicted octanol–water partition coefficient (Wildman–Crippen LogP) is 5.17. The summed E-state index contributed by atoms with van der Waals surface area (Å²) in [5, 5.41) is 0.459. The van der Waals surface area contributed by atoms with Crippen LogP contribution in [0.15, 0.2) is 57.7 Å². The Morgan fingerprint density at radius 3 is 2.39 bits per heavy atom. The second-order valence-electron chi connectivity index (χ2n) is 7.82. The normalized spacial score (nSPS) is 14.3. The van der Waals surface area contributed by atoms with Gasteiger partial charge in [-0.15, -0.1) is 0 Å². The van der Waals surface area contributed by atoms with Gasteiger partial charge >= 0.3 is 0 Å². The molecule has 0 atom stereocenters. The van der Waals surface area contributed by atoms with Crippen molar-refractivity contribution < 1.29 is 9.21 Å². The fourth-order valence-corrected chi connectivity index (χ4v) is 3.97. The Morgan fingerprint density at radius 1 is 1.07 bits per heavy atom. The van der Waals surface area contributed by atoms with Crippen molar-refractivity contribution in [3.8, 4) is 11.3 Å². The maximum Gasteiger partial charge on any atom is 0.258 e. The smallest absolute Gasteiger partial charge is 0.258 e. The van der Waals surface area contributed by atoms with Gasteiger partial charge in [0.15, 0.2) is 11.0 Å². The van der Waals surface area contributed by atoms with E-state index in [4.69, 9.17) is 4.42 Å². The van der Waals surface area contributed by atoms with E-state index < -0.39 is 0 Å². The Bertz CT molecular complexity index is 1080. The van der Waals surface area contributed by atoms with Gasteiger partial charge in [0.1, 0.15) is 5.76 Å². The average Bonchev–Trinajstić information content (AvgIpc) is 2.66. The van der Waals surface area contributed by atoms with Gasteiger partial charge in [-0.05, 0) is 52.2 Å². The number of hydrogen-bond acceptors (Lipinski definition) is 3. The van der Waals surface area contributed by atoms with Crippen LogP contribution in [0, 0.1) is 6.92 Å². The summed E-state index contributed by atoms with van der Waals surface area (Å²) in [4.78, 5) is 28.4. The van der Waals surface area contributed by atoms with E-state index >= 15 is 0 Å². The lowest BCUT2D eigenvalue weighted by Gasteiger charge is -2.40. The first kappa shape index (κ1) is 18.5. The molecule has 0 unspecified atom stereocenters. The third-order valence-corrected chi connectivity index (χ3v) is 5.67. The molecule has 2 aromatic carbocycles. The number of nitrogens with zero attached hydrogens (tertiary/aromatic N) is 1. The molecule has 4 nitrogen and oxygen atoms in total. The van der Waals surface area contributed by atoms with E-state index in [0.29, 0.717) is 27.9 Å². The molecular weight excluding hydrogens is 350 g/mol. The second kappa shape index (κ2) is 7.27. The molecule has 3 aromatic rings. The van der Waals surface area contributed by atoms with Gasteiger partial charge in [0.05, 0.1) is 10.9 Å². The Balaban J connectivity index is 1.91. The number of amides is 1. The van der Waals surface area contributed by atoms with Gasteiger partial charge < -0.3 is 9.32 Å². The molecule has 1 saturated carbocycles. The van der Waals surface area contributed by atoms with Crippen LogP contribution in [-0.4, -0.2) is 22.9 Å². The van der Waals surface area contributed by atoms with E-state index in [1.54, 1.807) is 25.1 Å². The van der Waals surface area contributed by atoms with Crippen LogP contribution in [0.5, 0.6) is 0 Å². The van der Waals surface area contributed by atoms with E-state index in [-0.39, 0.29) is 23.4 Å². The number of carbonyl (C=O) groups excluding carboxylic acids is 1. The molecular formula is C24H25NO3. The molecule has 4 rings (SSSR count). The number of para-hydroxylation sites is 1. The van der Waals surface area contributed by atoms with E-state index in [0.717, 1.165) is 24.8 Å². The molecule has 0 saturated heterocycles. The van der Waals surface area contributed by atoms with Crippen LogP contribution < -0.4 is 5.43 Å². The summed E-state index contributed by atoms with van der Waals surface area (Å²) in [5.41, 5.74) is 2.15. The summed E-state index contributed by atoms with van der Waals surface area (Å²) in [5.74, 6) is 0.467. The van der Waals surface area contributed by atoms with Crippen LogP contribution in [-0.2, 0) is 0 Å². The van der Waals surface area contributed by atoms with Crippen LogP contribution in [0.1, 0.15) is 49.0 Å². The molecule has 144 valence electrons. The van der Waals surface area contributed by atoms with Crippen molar-refractivity contribution in [3.63, 3.8) is 0 Å². The van der Waals surface area contributed by atoms with Crippen molar-refractivity contribution in [2.45, 2.75) is 52.1 Å². The van der Waals surface area contributed by atoms with Gasteiger partial charge in [-0.2, -0.15) is 0 Å². The second-order valence-corrected chi connectivity index (χ2v) is 7.82. The molecule has 1 fully saturated rings. The quantitative estimate of drug-likeness (QED) is 0.632. The van der Waals surface area contributed by atoms with Crippen molar-refractivity contribution in [1.82, 2.24) is 4.90 Å². The van der Waals surface area contributed by atoms with E-state index in [1.165, 1.54) is 0 Å². The summed E-state index contributed by atoms with van der Waals surface area (Å²) < 4.78 is 6.23. The molecule has 0 spiro atoms. The molecule has 0 aliphatic heterocycles. The van der Waals surface area contributed by atoms with Crippen LogP contribution in [0.25, 0.3) is 22.3 Å².